The Morgan fingerprint density at radius 1 is 1.37 bits per heavy atom. The van der Waals surface area contributed by atoms with Gasteiger partial charge in [0.25, 0.3) is 5.91 Å². The van der Waals surface area contributed by atoms with E-state index in [1.54, 1.807) is 6.92 Å². The zero-order valence-corrected chi connectivity index (χ0v) is 14.6. The molecule has 0 fully saturated rings. The van der Waals surface area contributed by atoms with Crippen LogP contribution in [0, 0.1) is 6.57 Å². The second kappa shape index (κ2) is 8.50. The Bertz CT molecular complexity index is 890. The number of alkyl halides is 3. The zero-order chi connectivity index (χ0) is 20.0. The minimum atomic E-state index is -4.37. The van der Waals surface area contributed by atoms with E-state index in [0.29, 0.717) is 11.3 Å². The fraction of sp³-hybridized carbons (Fsp3) is 0.250. The summed E-state index contributed by atoms with van der Waals surface area (Å²) in [7, 11) is 0. The monoisotopic (exact) mass is 399 g/mol. The third-order valence-electron chi connectivity index (χ3n) is 2.95. The van der Waals surface area contributed by atoms with Crippen molar-refractivity contribution in [3.63, 3.8) is 0 Å². The van der Waals surface area contributed by atoms with E-state index in [9.17, 15) is 22.8 Å². The van der Waals surface area contributed by atoms with E-state index in [0.717, 1.165) is 12.3 Å². The molecule has 1 N–H and O–H groups in total. The largest absolute Gasteiger partial charge is 0.512 e. The van der Waals surface area contributed by atoms with Gasteiger partial charge in [0.1, 0.15) is 5.75 Å². The zero-order valence-electron chi connectivity index (χ0n) is 13.8. The predicted molar refractivity (Wildman–Crippen MR) is 90.2 cm³/mol. The predicted octanol–water partition coefficient (Wildman–Crippen LogP) is 4.59. The molecule has 0 spiro atoms. The molecule has 0 radical (unpaired) electrons. The number of thiazole rings is 1. The van der Waals surface area contributed by atoms with Gasteiger partial charge >= 0.3 is 12.3 Å². The molecule has 1 amide bonds. The van der Waals surface area contributed by atoms with Gasteiger partial charge in [0.05, 0.1) is 19.6 Å². The first-order valence-electron chi connectivity index (χ1n) is 7.40. The standard InChI is InChI=1S/C16H12F3N3O4S/c1-3-25-15(24)26-12-6-9(4-5-11(12)20-2)13(23)22-14-21-8-10(27-14)7-16(17,18)19/h4-6,8H,3,7H2,1H3,(H,21,22,23). The van der Waals surface area contributed by atoms with Crippen molar-refractivity contribution in [1.82, 2.24) is 4.98 Å². The van der Waals surface area contributed by atoms with E-state index in [1.165, 1.54) is 12.1 Å². The summed E-state index contributed by atoms with van der Waals surface area (Å²) in [6.45, 7) is 8.69. The first-order valence-corrected chi connectivity index (χ1v) is 8.22. The summed E-state index contributed by atoms with van der Waals surface area (Å²) in [4.78, 5) is 30.5. The van der Waals surface area contributed by atoms with Crippen molar-refractivity contribution < 1.29 is 32.2 Å². The summed E-state index contributed by atoms with van der Waals surface area (Å²) in [5.74, 6) is -0.860. The number of hydrogen-bond donors (Lipinski definition) is 1. The second-order valence-electron chi connectivity index (χ2n) is 4.96. The molecule has 0 aliphatic heterocycles. The summed E-state index contributed by atoms with van der Waals surface area (Å²) in [5.41, 5.74) is 0.00980. The van der Waals surface area contributed by atoms with Crippen LogP contribution in [0.1, 0.15) is 22.2 Å². The molecule has 0 bridgehead atoms. The van der Waals surface area contributed by atoms with Gasteiger partial charge in [0.2, 0.25) is 5.69 Å². The SMILES string of the molecule is [C-]#[N+]c1ccc(C(=O)Nc2ncc(CC(F)(F)F)s2)cc1OC(=O)OCC. The number of hydrogen-bond acceptors (Lipinski definition) is 6. The molecule has 0 saturated heterocycles. The number of benzene rings is 1. The number of halogens is 3. The Morgan fingerprint density at radius 3 is 2.74 bits per heavy atom. The second-order valence-corrected chi connectivity index (χ2v) is 6.07. The van der Waals surface area contributed by atoms with Crippen LogP contribution in [0.25, 0.3) is 4.85 Å². The Morgan fingerprint density at radius 2 is 2.11 bits per heavy atom. The van der Waals surface area contributed by atoms with E-state index in [2.05, 4.69) is 19.9 Å². The Kier molecular flexibility index (Phi) is 6.36. The Labute approximate surface area is 155 Å². The number of carbonyl (C=O) groups excluding carboxylic acids is 2. The van der Waals surface area contributed by atoms with Gasteiger partial charge in [-0.15, -0.1) is 11.3 Å². The smallest absolute Gasteiger partial charge is 0.434 e. The highest BCUT2D eigenvalue weighted by atomic mass is 32.1. The van der Waals surface area contributed by atoms with Crippen LogP contribution in [-0.4, -0.2) is 29.8 Å². The first-order chi connectivity index (χ1) is 12.7. The van der Waals surface area contributed by atoms with Crippen molar-refractivity contribution in [2.75, 3.05) is 11.9 Å². The van der Waals surface area contributed by atoms with Crippen LogP contribution < -0.4 is 10.1 Å². The van der Waals surface area contributed by atoms with Crippen molar-refractivity contribution in [2.45, 2.75) is 19.5 Å². The molecule has 0 aliphatic carbocycles. The van der Waals surface area contributed by atoms with Gasteiger partial charge in [0.15, 0.2) is 5.13 Å². The number of nitrogens with one attached hydrogen (secondary N) is 1. The average Bonchev–Trinajstić information content (AvgIpc) is 2.99. The van der Waals surface area contributed by atoms with Gasteiger partial charge in [-0.3, -0.25) is 10.1 Å². The summed E-state index contributed by atoms with van der Waals surface area (Å²) < 4.78 is 46.6. The molecule has 142 valence electrons. The van der Waals surface area contributed by atoms with Crippen LogP contribution in [-0.2, 0) is 11.2 Å². The van der Waals surface area contributed by atoms with Gasteiger partial charge < -0.3 is 9.47 Å². The molecule has 27 heavy (non-hydrogen) atoms. The third-order valence-corrected chi connectivity index (χ3v) is 3.86. The van der Waals surface area contributed by atoms with Crippen molar-refractivity contribution in [3.8, 4) is 5.75 Å². The Hall–Kier alpha value is -3.13. The fourth-order valence-corrected chi connectivity index (χ4v) is 2.72. The maximum Gasteiger partial charge on any atom is 0.512 e. The van der Waals surface area contributed by atoms with Crippen LogP contribution in [0.4, 0.5) is 28.8 Å². The van der Waals surface area contributed by atoms with Crippen LogP contribution in [0.3, 0.4) is 0 Å². The number of carbonyl (C=O) groups is 2. The number of nitrogens with zero attached hydrogens (tertiary/aromatic N) is 2. The maximum atomic E-state index is 12.4. The normalized spacial score (nSPS) is 10.8. The van der Waals surface area contributed by atoms with Crippen LogP contribution in [0.15, 0.2) is 24.4 Å². The number of rotatable bonds is 5. The molecule has 0 aliphatic rings. The van der Waals surface area contributed by atoms with Gasteiger partial charge in [-0.1, -0.05) is 12.1 Å². The van der Waals surface area contributed by atoms with Gasteiger partial charge in [-0.25, -0.2) is 14.6 Å². The molecule has 1 heterocycles. The molecular weight excluding hydrogens is 387 g/mol. The van der Waals surface area contributed by atoms with Crippen LogP contribution >= 0.6 is 11.3 Å². The fourth-order valence-electron chi connectivity index (χ4n) is 1.88. The summed E-state index contributed by atoms with van der Waals surface area (Å²) in [6, 6.07) is 3.74. The molecule has 7 nitrogen and oxygen atoms in total. The van der Waals surface area contributed by atoms with E-state index < -0.39 is 24.7 Å². The third kappa shape index (κ3) is 5.96. The van der Waals surface area contributed by atoms with Crippen LogP contribution in [0.2, 0.25) is 0 Å². The topological polar surface area (TPSA) is 81.9 Å². The Balaban J connectivity index is 2.14. The molecule has 0 atom stereocenters. The molecule has 1 aromatic carbocycles. The molecule has 2 aromatic rings. The van der Waals surface area contributed by atoms with Crippen LogP contribution in [0.5, 0.6) is 5.75 Å². The molecular formula is C16H12F3N3O4S. The highest BCUT2D eigenvalue weighted by Crippen LogP contribution is 2.30. The van der Waals surface area contributed by atoms with E-state index in [1.807, 2.05) is 0 Å². The number of aromatic nitrogens is 1. The van der Waals surface area contributed by atoms with Gasteiger partial charge in [-0.2, -0.15) is 13.2 Å². The van der Waals surface area contributed by atoms with E-state index in [4.69, 9.17) is 11.3 Å². The molecule has 2 rings (SSSR count). The van der Waals surface area contributed by atoms with Gasteiger partial charge in [-0.05, 0) is 13.0 Å². The molecule has 0 saturated carbocycles. The lowest BCUT2D eigenvalue weighted by Crippen LogP contribution is -2.13. The number of ether oxygens (including phenoxy) is 2. The van der Waals surface area contributed by atoms with Crippen molar-refractivity contribution >= 4 is 34.2 Å². The quantitative estimate of drug-likeness (QED) is 0.452. The lowest BCUT2D eigenvalue weighted by molar-refractivity contribution is -0.126. The lowest BCUT2D eigenvalue weighted by atomic mass is 10.2. The highest BCUT2D eigenvalue weighted by Gasteiger charge is 2.29. The minimum Gasteiger partial charge on any atom is -0.434 e. The first kappa shape index (κ1) is 20.2. The molecule has 11 heteroatoms. The van der Waals surface area contributed by atoms with E-state index >= 15 is 0 Å². The molecule has 1 aromatic heterocycles. The number of amides is 1. The molecule has 0 unspecified atom stereocenters. The van der Waals surface area contributed by atoms with Crippen molar-refractivity contribution in [3.05, 3.63) is 46.3 Å². The minimum absolute atomic E-state index is 0.0126. The van der Waals surface area contributed by atoms with Crippen molar-refractivity contribution in [1.29, 1.82) is 0 Å². The maximum absolute atomic E-state index is 12.4. The van der Waals surface area contributed by atoms with Gasteiger partial charge in [0, 0.05) is 16.6 Å². The number of anilines is 1. The van der Waals surface area contributed by atoms with E-state index in [-0.39, 0.29) is 33.6 Å². The highest BCUT2D eigenvalue weighted by molar-refractivity contribution is 7.15. The lowest BCUT2D eigenvalue weighted by Gasteiger charge is -2.08. The van der Waals surface area contributed by atoms with Crippen molar-refractivity contribution in [2.24, 2.45) is 0 Å². The average molecular weight is 399 g/mol. The summed E-state index contributed by atoms with van der Waals surface area (Å²) >= 11 is 0.695. The summed E-state index contributed by atoms with van der Waals surface area (Å²) in [6.07, 6.45) is -5.51. The summed E-state index contributed by atoms with van der Waals surface area (Å²) in [5, 5.41) is 2.35.